The molecule has 0 saturated heterocycles. The first-order valence-electron chi connectivity index (χ1n) is 3.53. The number of methoxy groups -OCH3 is 1. The van der Waals surface area contributed by atoms with Gasteiger partial charge >= 0.3 is 0 Å². The minimum Gasteiger partial charge on any atom is -0.496 e. The smallest absolute Gasteiger partial charge is 0.123 e. The Balaban J connectivity index is 3.13. The van der Waals surface area contributed by atoms with Gasteiger partial charge in [0.1, 0.15) is 5.75 Å². The van der Waals surface area contributed by atoms with Gasteiger partial charge in [-0.05, 0) is 18.6 Å². The van der Waals surface area contributed by atoms with Crippen molar-refractivity contribution in [1.29, 1.82) is 0 Å². The molecule has 0 N–H and O–H groups in total. The van der Waals surface area contributed by atoms with E-state index >= 15 is 0 Å². The minimum absolute atomic E-state index is 0.732. The van der Waals surface area contributed by atoms with E-state index in [9.17, 15) is 0 Å². The summed E-state index contributed by atoms with van der Waals surface area (Å²) < 4.78 is 5.17. The molecule has 60 valence electrons. The molecule has 0 spiro atoms. The Morgan fingerprint density at radius 1 is 1.45 bits per heavy atom. The molecule has 0 aliphatic heterocycles. The van der Waals surface area contributed by atoms with Gasteiger partial charge in [0, 0.05) is 11.3 Å². The average molecular weight is 168 g/mol. The normalized spacial score (nSPS) is 9.73. The monoisotopic (exact) mass is 168 g/mol. The van der Waals surface area contributed by atoms with Crippen molar-refractivity contribution in [2.24, 2.45) is 0 Å². The van der Waals surface area contributed by atoms with E-state index in [0.717, 1.165) is 11.5 Å². The second kappa shape index (κ2) is 3.67. The highest BCUT2D eigenvalue weighted by Gasteiger charge is 2.01. The van der Waals surface area contributed by atoms with E-state index in [4.69, 9.17) is 4.74 Å². The highest BCUT2D eigenvalue weighted by atomic mass is 32.1. The van der Waals surface area contributed by atoms with E-state index in [0.29, 0.717) is 0 Å². The Kier molecular flexibility index (Phi) is 2.83. The van der Waals surface area contributed by atoms with Gasteiger partial charge in [0.15, 0.2) is 0 Å². The first kappa shape index (κ1) is 8.47. The lowest BCUT2D eigenvalue weighted by molar-refractivity contribution is 0.411. The largest absolute Gasteiger partial charge is 0.496 e. The molecule has 0 aliphatic rings. The van der Waals surface area contributed by atoms with Crippen molar-refractivity contribution in [1.82, 2.24) is 0 Å². The van der Waals surface area contributed by atoms with Gasteiger partial charge in [-0.3, -0.25) is 0 Å². The minimum atomic E-state index is 0.732. The Bertz CT molecular complexity index is 245. The quantitative estimate of drug-likeness (QED) is 0.667. The summed E-state index contributed by atoms with van der Waals surface area (Å²) in [5.74, 6) is 1.66. The molecule has 0 unspecified atom stereocenters. The third-order valence-electron chi connectivity index (χ3n) is 1.75. The van der Waals surface area contributed by atoms with Crippen LogP contribution in [0.3, 0.4) is 0 Å². The number of thiol groups is 1. The van der Waals surface area contributed by atoms with Crippen LogP contribution in [0.1, 0.15) is 11.1 Å². The molecule has 0 bridgehead atoms. The summed E-state index contributed by atoms with van der Waals surface area (Å²) in [5.41, 5.74) is 2.41. The van der Waals surface area contributed by atoms with Gasteiger partial charge in [-0.2, -0.15) is 12.6 Å². The van der Waals surface area contributed by atoms with Crippen LogP contribution in [0.2, 0.25) is 0 Å². The van der Waals surface area contributed by atoms with Gasteiger partial charge in [-0.1, -0.05) is 12.1 Å². The van der Waals surface area contributed by atoms with Gasteiger partial charge in [0.25, 0.3) is 0 Å². The van der Waals surface area contributed by atoms with Crippen LogP contribution in [0.15, 0.2) is 18.2 Å². The molecule has 0 radical (unpaired) electrons. The highest BCUT2D eigenvalue weighted by Crippen LogP contribution is 2.22. The summed E-state index contributed by atoms with van der Waals surface area (Å²) in [5, 5.41) is 0. The van der Waals surface area contributed by atoms with Gasteiger partial charge in [0.2, 0.25) is 0 Å². The molecule has 2 heteroatoms. The lowest BCUT2D eigenvalue weighted by Gasteiger charge is -2.07. The van der Waals surface area contributed by atoms with E-state index in [-0.39, 0.29) is 0 Å². The predicted octanol–water partition coefficient (Wildman–Crippen LogP) is 2.43. The van der Waals surface area contributed by atoms with Gasteiger partial charge < -0.3 is 4.74 Å². The molecule has 0 atom stereocenters. The molecule has 0 heterocycles. The van der Waals surface area contributed by atoms with Crippen molar-refractivity contribution < 1.29 is 4.74 Å². The summed E-state index contributed by atoms with van der Waals surface area (Å²) in [7, 11) is 1.68. The van der Waals surface area contributed by atoms with Crippen molar-refractivity contribution in [3.05, 3.63) is 29.3 Å². The Labute approximate surface area is 72.8 Å². The van der Waals surface area contributed by atoms with Crippen molar-refractivity contribution >= 4 is 12.6 Å². The fourth-order valence-corrected chi connectivity index (χ4v) is 1.47. The van der Waals surface area contributed by atoms with Crippen LogP contribution in [0.25, 0.3) is 0 Å². The lowest BCUT2D eigenvalue weighted by Crippen LogP contribution is -1.91. The zero-order valence-corrected chi connectivity index (χ0v) is 7.69. The number of aryl methyl sites for hydroxylation is 1. The SMILES string of the molecule is COc1cccc(C)c1CS. The van der Waals surface area contributed by atoms with Crippen molar-refractivity contribution in [3.8, 4) is 5.75 Å². The summed E-state index contributed by atoms with van der Waals surface area (Å²) in [6.07, 6.45) is 0. The van der Waals surface area contributed by atoms with Crippen LogP contribution < -0.4 is 4.74 Å². The molecule has 1 rings (SSSR count). The van der Waals surface area contributed by atoms with Gasteiger partial charge in [-0.15, -0.1) is 0 Å². The fraction of sp³-hybridized carbons (Fsp3) is 0.333. The third kappa shape index (κ3) is 1.69. The zero-order chi connectivity index (χ0) is 8.27. The van der Waals surface area contributed by atoms with E-state index < -0.39 is 0 Å². The summed E-state index contributed by atoms with van der Waals surface area (Å²) in [4.78, 5) is 0. The molecule has 11 heavy (non-hydrogen) atoms. The number of benzene rings is 1. The second-order valence-electron chi connectivity index (χ2n) is 2.41. The first-order valence-corrected chi connectivity index (χ1v) is 4.16. The predicted molar refractivity (Wildman–Crippen MR) is 50.4 cm³/mol. The van der Waals surface area contributed by atoms with E-state index in [1.165, 1.54) is 11.1 Å². The summed E-state index contributed by atoms with van der Waals surface area (Å²) in [6.45, 7) is 2.06. The standard InChI is InChI=1S/C9H12OS/c1-7-4-3-5-9(10-2)8(7)6-11/h3-5,11H,6H2,1-2H3. The maximum atomic E-state index is 5.17. The van der Waals surface area contributed by atoms with Crippen LogP contribution in [0.4, 0.5) is 0 Å². The van der Waals surface area contributed by atoms with E-state index in [1.54, 1.807) is 7.11 Å². The Hall–Kier alpha value is -0.630. The number of ether oxygens (including phenoxy) is 1. The first-order chi connectivity index (χ1) is 5.29. The van der Waals surface area contributed by atoms with Crippen molar-refractivity contribution in [2.75, 3.05) is 7.11 Å². The molecule has 0 aromatic heterocycles. The molecule has 1 aromatic rings. The molecule has 0 fully saturated rings. The van der Waals surface area contributed by atoms with Crippen LogP contribution in [-0.2, 0) is 5.75 Å². The maximum absolute atomic E-state index is 5.17. The molecular weight excluding hydrogens is 156 g/mol. The fourth-order valence-electron chi connectivity index (χ4n) is 1.07. The van der Waals surface area contributed by atoms with Crippen LogP contribution in [0, 0.1) is 6.92 Å². The highest BCUT2D eigenvalue weighted by molar-refractivity contribution is 7.79. The molecule has 0 aliphatic carbocycles. The summed E-state index contributed by atoms with van der Waals surface area (Å²) >= 11 is 4.22. The van der Waals surface area contributed by atoms with Gasteiger partial charge in [-0.25, -0.2) is 0 Å². The molecular formula is C9H12OS. The maximum Gasteiger partial charge on any atom is 0.123 e. The molecule has 1 aromatic carbocycles. The van der Waals surface area contributed by atoms with Crippen LogP contribution in [-0.4, -0.2) is 7.11 Å². The lowest BCUT2D eigenvalue weighted by atomic mass is 10.1. The molecule has 1 nitrogen and oxygen atoms in total. The molecule has 0 saturated carbocycles. The van der Waals surface area contributed by atoms with Crippen LogP contribution >= 0.6 is 12.6 Å². The number of hydrogen-bond donors (Lipinski definition) is 1. The number of rotatable bonds is 2. The van der Waals surface area contributed by atoms with Crippen molar-refractivity contribution in [2.45, 2.75) is 12.7 Å². The van der Waals surface area contributed by atoms with E-state index in [1.807, 2.05) is 12.1 Å². The third-order valence-corrected chi connectivity index (χ3v) is 2.06. The van der Waals surface area contributed by atoms with Crippen LogP contribution in [0.5, 0.6) is 5.75 Å². The van der Waals surface area contributed by atoms with E-state index in [2.05, 4.69) is 25.6 Å². The Morgan fingerprint density at radius 2 is 2.18 bits per heavy atom. The summed E-state index contributed by atoms with van der Waals surface area (Å²) in [6, 6.07) is 6.01. The van der Waals surface area contributed by atoms with Gasteiger partial charge in [0.05, 0.1) is 7.11 Å². The topological polar surface area (TPSA) is 9.23 Å². The molecule has 0 amide bonds. The zero-order valence-electron chi connectivity index (χ0n) is 6.79. The average Bonchev–Trinajstić information content (AvgIpc) is 2.04. The van der Waals surface area contributed by atoms with Crippen molar-refractivity contribution in [3.63, 3.8) is 0 Å². The Morgan fingerprint density at radius 3 is 2.64 bits per heavy atom. The second-order valence-corrected chi connectivity index (χ2v) is 2.73. The number of hydrogen-bond acceptors (Lipinski definition) is 2.